The molecule has 0 aliphatic heterocycles. The van der Waals surface area contributed by atoms with Gasteiger partial charge in [0.2, 0.25) is 0 Å². The summed E-state index contributed by atoms with van der Waals surface area (Å²) >= 11 is 0. The fraction of sp³-hybridized carbons (Fsp3) is 0.111. The maximum Gasteiger partial charge on any atom is 0.340 e. The van der Waals surface area contributed by atoms with Gasteiger partial charge >= 0.3 is 11.9 Å². The number of benzene rings is 2. The molecule has 2 aromatic carbocycles. The minimum Gasteiger partial charge on any atom is -0.489 e. The average molecular weight is 439 g/mol. The molecule has 6 heteroatoms. The van der Waals surface area contributed by atoms with Gasteiger partial charge in [0.1, 0.15) is 23.5 Å². The summed E-state index contributed by atoms with van der Waals surface area (Å²) in [5.41, 5.74) is 5.27. The van der Waals surface area contributed by atoms with Crippen molar-refractivity contribution < 1.29 is 23.8 Å². The number of rotatable bonds is 6. The Morgan fingerprint density at radius 1 is 0.788 bits per heavy atom. The predicted molar refractivity (Wildman–Crippen MR) is 125 cm³/mol. The number of ether oxygens (including phenoxy) is 3. The van der Waals surface area contributed by atoms with E-state index in [9.17, 15) is 9.59 Å². The van der Waals surface area contributed by atoms with Crippen molar-refractivity contribution in [3.05, 3.63) is 95.6 Å². The molecule has 0 aliphatic carbocycles. The van der Waals surface area contributed by atoms with Crippen LogP contribution in [0.1, 0.15) is 26.3 Å². The fourth-order valence-electron chi connectivity index (χ4n) is 4.21. The van der Waals surface area contributed by atoms with E-state index in [4.69, 9.17) is 14.2 Å². The topological polar surface area (TPSA) is 66.2 Å². The van der Waals surface area contributed by atoms with E-state index < -0.39 is 11.9 Å². The zero-order valence-corrected chi connectivity index (χ0v) is 18.2. The van der Waals surface area contributed by atoms with Crippen LogP contribution in [0.4, 0.5) is 0 Å². The third kappa shape index (κ3) is 3.46. The third-order valence-corrected chi connectivity index (χ3v) is 5.73. The van der Waals surface area contributed by atoms with Crippen molar-refractivity contribution in [1.29, 1.82) is 0 Å². The average Bonchev–Trinajstić information content (AvgIpc) is 3.42. The van der Waals surface area contributed by atoms with Crippen molar-refractivity contribution in [2.45, 2.75) is 6.61 Å². The first kappa shape index (κ1) is 20.6. The van der Waals surface area contributed by atoms with Crippen LogP contribution in [0.15, 0.2) is 78.9 Å². The van der Waals surface area contributed by atoms with Crippen LogP contribution >= 0.6 is 0 Å². The Balaban J connectivity index is 1.60. The fourth-order valence-corrected chi connectivity index (χ4v) is 4.21. The molecule has 0 saturated heterocycles. The highest BCUT2D eigenvalue weighted by atomic mass is 16.5. The molecular weight excluding hydrogens is 418 g/mol. The summed E-state index contributed by atoms with van der Waals surface area (Å²) in [5.74, 6) is -0.430. The minimum absolute atomic E-state index is 0.199. The smallest absolute Gasteiger partial charge is 0.340 e. The van der Waals surface area contributed by atoms with E-state index in [2.05, 4.69) is 0 Å². The zero-order chi connectivity index (χ0) is 22.9. The summed E-state index contributed by atoms with van der Waals surface area (Å²) in [6.07, 6.45) is 0. The lowest BCUT2D eigenvalue weighted by molar-refractivity contribution is 0.0559. The van der Waals surface area contributed by atoms with Gasteiger partial charge in [-0.1, -0.05) is 48.5 Å². The number of aromatic nitrogens is 1. The van der Waals surface area contributed by atoms with Crippen LogP contribution in [0, 0.1) is 0 Å². The first-order valence-electron chi connectivity index (χ1n) is 10.5. The van der Waals surface area contributed by atoms with Gasteiger partial charge in [0.25, 0.3) is 0 Å². The van der Waals surface area contributed by atoms with E-state index in [1.165, 1.54) is 14.2 Å². The lowest BCUT2D eigenvalue weighted by Crippen LogP contribution is -2.10. The summed E-state index contributed by atoms with van der Waals surface area (Å²) < 4.78 is 17.8. The summed E-state index contributed by atoms with van der Waals surface area (Å²) in [7, 11) is 2.60. The number of carbonyl (C=O) groups is 2. The van der Waals surface area contributed by atoms with Gasteiger partial charge in [0.15, 0.2) is 0 Å². The van der Waals surface area contributed by atoms with E-state index in [-0.39, 0.29) is 11.1 Å². The molecule has 0 bridgehead atoms. The quantitative estimate of drug-likeness (QED) is 0.334. The minimum atomic E-state index is -0.587. The van der Waals surface area contributed by atoms with Crippen LogP contribution in [0.25, 0.3) is 27.7 Å². The highest BCUT2D eigenvalue weighted by molar-refractivity contribution is 6.17. The van der Waals surface area contributed by atoms with Gasteiger partial charge in [-0.05, 0) is 41.5 Å². The predicted octanol–water partition coefficient (Wildman–Crippen LogP) is 5.35. The Bertz CT molecular complexity index is 1450. The van der Waals surface area contributed by atoms with Crippen molar-refractivity contribution in [1.82, 2.24) is 4.40 Å². The first-order valence-corrected chi connectivity index (χ1v) is 10.5. The van der Waals surface area contributed by atoms with E-state index in [0.29, 0.717) is 17.6 Å². The van der Waals surface area contributed by atoms with Gasteiger partial charge in [0, 0.05) is 11.1 Å². The number of carbonyl (C=O) groups excluding carboxylic acids is 2. The normalized spacial score (nSPS) is 11.1. The van der Waals surface area contributed by atoms with Gasteiger partial charge in [0.05, 0.1) is 25.3 Å². The second-order valence-electron chi connectivity index (χ2n) is 7.61. The van der Waals surface area contributed by atoms with Crippen LogP contribution in [0.5, 0.6) is 5.75 Å². The maximum atomic E-state index is 12.8. The first-order chi connectivity index (χ1) is 16.1. The second-order valence-corrected chi connectivity index (χ2v) is 7.61. The summed E-state index contributed by atoms with van der Waals surface area (Å²) in [6.45, 7) is 0.475. The molecule has 6 nitrogen and oxygen atoms in total. The van der Waals surface area contributed by atoms with Gasteiger partial charge in [-0.2, -0.15) is 0 Å². The molecule has 0 radical (unpaired) electrons. The largest absolute Gasteiger partial charge is 0.489 e. The van der Waals surface area contributed by atoms with Crippen molar-refractivity contribution in [2.24, 2.45) is 0 Å². The Morgan fingerprint density at radius 2 is 1.48 bits per heavy atom. The summed E-state index contributed by atoms with van der Waals surface area (Å²) in [6, 6.07) is 25.2. The van der Waals surface area contributed by atoms with Crippen LogP contribution < -0.4 is 4.74 Å². The van der Waals surface area contributed by atoms with E-state index in [0.717, 1.165) is 28.0 Å². The van der Waals surface area contributed by atoms with Crippen LogP contribution in [-0.4, -0.2) is 30.6 Å². The molecule has 5 aromatic rings. The Labute approximate surface area is 190 Å². The van der Waals surface area contributed by atoms with Crippen LogP contribution in [0.3, 0.4) is 0 Å². The lowest BCUT2D eigenvalue weighted by Gasteiger charge is -2.08. The molecule has 0 unspecified atom stereocenters. The van der Waals surface area contributed by atoms with E-state index >= 15 is 0 Å². The molecule has 0 aliphatic rings. The van der Waals surface area contributed by atoms with Gasteiger partial charge in [-0.3, -0.25) is 0 Å². The number of pyridine rings is 1. The molecule has 164 valence electrons. The number of methoxy groups -OCH3 is 2. The van der Waals surface area contributed by atoms with E-state index in [1.54, 1.807) is 6.07 Å². The molecule has 0 spiro atoms. The van der Waals surface area contributed by atoms with Gasteiger partial charge in [-0.25, -0.2) is 9.59 Å². The molecule has 0 saturated carbocycles. The number of nitrogens with zero attached hydrogens (tertiary/aromatic N) is 1. The molecule has 3 aromatic heterocycles. The monoisotopic (exact) mass is 439 g/mol. The van der Waals surface area contributed by atoms with Crippen LogP contribution in [-0.2, 0) is 16.1 Å². The second kappa shape index (κ2) is 8.31. The molecule has 3 heterocycles. The Hall–Kier alpha value is -4.32. The van der Waals surface area contributed by atoms with Gasteiger partial charge in [-0.15, -0.1) is 0 Å². The number of esters is 2. The molecule has 0 fully saturated rings. The molecule has 0 amide bonds. The lowest BCUT2D eigenvalue weighted by atomic mass is 10.0. The maximum absolute atomic E-state index is 12.8. The van der Waals surface area contributed by atoms with Crippen molar-refractivity contribution in [3.63, 3.8) is 0 Å². The Kier molecular flexibility index (Phi) is 5.18. The molecule has 0 atom stereocenters. The highest BCUT2D eigenvalue weighted by Gasteiger charge is 2.30. The number of hydrogen-bond donors (Lipinski definition) is 0. The highest BCUT2D eigenvalue weighted by Crippen LogP contribution is 2.38. The number of hydrogen-bond acceptors (Lipinski definition) is 5. The molecule has 33 heavy (non-hydrogen) atoms. The van der Waals surface area contributed by atoms with Crippen molar-refractivity contribution in [3.8, 4) is 16.9 Å². The standard InChI is InChI=1S/C27H21NO5/c1-31-26(29)23-22-10-6-9-19-15-21(25(28(19)22)24(23)27(30)32-2)18-11-13-20(14-12-18)33-16-17-7-4-3-5-8-17/h3-15H,16H2,1-2H3. The van der Waals surface area contributed by atoms with Crippen molar-refractivity contribution in [2.75, 3.05) is 14.2 Å². The molecular formula is C27H21NO5. The third-order valence-electron chi connectivity index (χ3n) is 5.73. The Morgan fingerprint density at radius 3 is 2.18 bits per heavy atom. The van der Waals surface area contributed by atoms with Crippen molar-refractivity contribution >= 4 is 28.5 Å². The summed E-state index contributed by atoms with van der Waals surface area (Å²) in [4.78, 5) is 25.4. The van der Waals surface area contributed by atoms with Crippen LogP contribution in [0.2, 0.25) is 0 Å². The van der Waals surface area contributed by atoms with E-state index in [1.807, 2.05) is 77.2 Å². The van der Waals surface area contributed by atoms with Gasteiger partial charge < -0.3 is 18.6 Å². The molecule has 5 rings (SSSR count). The molecule has 0 N–H and O–H groups in total. The zero-order valence-electron chi connectivity index (χ0n) is 18.2. The summed E-state index contributed by atoms with van der Waals surface area (Å²) in [5, 5.41) is 0. The SMILES string of the molecule is COC(=O)c1c(C(=O)OC)c2c(-c3ccc(OCc4ccccc4)cc3)cc3cccc1n32.